The molecular formula is C25H25Cl2F6Zr. The van der Waals surface area contributed by atoms with Gasteiger partial charge in [0.1, 0.15) is 0 Å². The number of alkyl halides is 6. The maximum absolute atomic E-state index is 13.6. The van der Waals surface area contributed by atoms with Crippen molar-refractivity contribution in [2.24, 2.45) is 0 Å². The summed E-state index contributed by atoms with van der Waals surface area (Å²) in [5, 5.41) is 0. The summed E-state index contributed by atoms with van der Waals surface area (Å²) >= 11 is -2.91. The third-order valence-electron chi connectivity index (χ3n) is 6.01. The summed E-state index contributed by atoms with van der Waals surface area (Å²) < 4.78 is 81.6. The maximum atomic E-state index is 13.6. The predicted octanol–water partition coefficient (Wildman–Crippen LogP) is 10.2. The fourth-order valence-electron chi connectivity index (χ4n) is 4.40. The van der Waals surface area contributed by atoms with E-state index in [0.717, 1.165) is 42.5 Å². The van der Waals surface area contributed by atoms with E-state index in [4.69, 9.17) is 17.0 Å². The molecule has 34 heavy (non-hydrogen) atoms. The van der Waals surface area contributed by atoms with Crippen LogP contribution < -0.4 is 0 Å². The van der Waals surface area contributed by atoms with Gasteiger partial charge in [0.15, 0.2) is 0 Å². The van der Waals surface area contributed by atoms with Crippen molar-refractivity contribution in [2.45, 2.75) is 68.4 Å². The molecule has 1 unspecified atom stereocenters. The van der Waals surface area contributed by atoms with E-state index in [1.54, 1.807) is 6.07 Å². The van der Waals surface area contributed by atoms with Gasteiger partial charge in [-0.25, -0.2) is 0 Å². The molecule has 0 spiro atoms. The normalized spacial score (nSPS) is 16.5. The quantitative estimate of drug-likeness (QED) is 0.299. The molecule has 0 aliphatic heterocycles. The first kappa shape index (κ1) is 27.8. The first-order valence-electron chi connectivity index (χ1n) is 10.9. The van der Waals surface area contributed by atoms with Crippen molar-refractivity contribution in [3.8, 4) is 11.1 Å². The zero-order valence-electron chi connectivity index (χ0n) is 19.2. The molecule has 9 heteroatoms. The molecule has 0 heterocycles. The van der Waals surface area contributed by atoms with E-state index in [-0.39, 0.29) is 15.3 Å². The fourth-order valence-corrected chi connectivity index (χ4v) is 9.90. The molecule has 0 nitrogen and oxygen atoms in total. The summed E-state index contributed by atoms with van der Waals surface area (Å²) in [6, 6.07) is 5.48. The van der Waals surface area contributed by atoms with Crippen LogP contribution in [0.1, 0.15) is 78.4 Å². The van der Waals surface area contributed by atoms with Gasteiger partial charge in [0, 0.05) is 0 Å². The summed E-state index contributed by atoms with van der Waals surface area (Å²) in [5.41, 5.74) is 0.216. The molecule has 2 aromatic carbocycles. The van der Waals surface area contributed by atoms with Gasteiger partial charge in [-0.1, -0.05) is 0 Å². The number of allylic oxidation sites excluding steroid dienone is 1. The Labute approximate surface area is 211 Å². The van der Waals surface area contributed by atoms with Gasteiger partial charge in [0.25, 0.3) is 0 Å². The second-order valence-corrected chi connectivity index (χ2v) is 18.4. The van der Waals surface area contributed by atoms with Gasteiger partial charge in [-0.05, 0) is 0 Å². The molecule has 0 N–H and O–H groups in total. The Morgan fingerprint density at radius 3 is 1.88 bits per heavy atom. The summed E-state index contributed by atoms with van der Waals surface area (Å²) in [5.74, 6) is 0. The van der Waals surface area contributed by atoms with Gasteiger partial charge in [-0.15, -0.1) is 0 Å². The number of hydrogen-bond donors (Lipinski definition) is 0. The molecule has 0 saturated carbocycles. The van der Waals surface area contributed by atoms with Crippen molar-refractivity contribution in [1.82, 2.24) is 0 Å². The molecular weight excluding hydrogens is 576 g/mol. The van der Waals surface area contributed by atoms with Crippen LogP contribution in [0, 0.1) is 0 Å². The first-order valence-corrected chi connectivity index (χ1v) is 18.7. The zero-order valence-corrected chi connectivity index (χ0v) is 23.2. The van der Waals surface area contributed by atoms with Crippen molar-refractivity contribution in [3.05, 3.63) is 63.7 Å². The van der Waals surface area contributed by atoms with Gasteiger partial charge < -0.3 is 0 Å². The predicted molar refractivity (Wildman–Crippen MR) is 123 cm³/mol. The first-order chi connectivity index (χ1) is 15.6. The van der Waals surface area contributed by atoms with Crippen molar-refractivity contribution in [1.29, 1.82) is 0 Å². The minimum atomic E-state index is -4.92. The third-order valence-corrected chi connectivity index (χ3v) is 11.3. The summed E-state index contributed by atoms with van der Waals surface area (Å²) in [6.45, 7) is 7.70. The molecule has 0 fully saturated rings. The van der Waals surface area contributed by atoms with Crippen LogP contribution in [-0.2, 0) is 37.1 Å². The Bertz CT molecular complexity index is 1060. The van der Waals surface area contributed by atoms with Crippen molar-refractivity contribution < 1.29 is 45.7 Å². The Balaban J connectivity index is 2.40. The van der Waals surface area contributed by atoms with Crippen LogP contribution in [0.3, 0.4) is 0 Å². The number of fused-ring (bicyclic) bond motifs is 1. The third kappa shape index (κ3) is 5.78. The SMILES string of the molecule is CCCCC1=Cc2c(ccc(C(C)(C)C)c2-c2cc(C(F)(F)F)cc(C(F)(F)F)c2)[CH]1[Zr]([Cl])[Cl]. The van der Waals surface area contributed by atoms with Gasteiger partial charge in [0.05, 0.1) is 0 Å². The molecule has 1 aliphatic carbocycles. The van der Waals surface area contributed by atoms with E-state index in [0.29, 0.717) is 16.7 Å². The minimum absolute atomic E-state index is 0.107. The molecule has 185 valence electrons. The molecule has 1 atom stereocenters. The average molecular weight is 602 g/mol. The van der Waals surface area contributed by atoms with Crippen LogP contribution in [0.25, 0.3) is 17.2 Å². The number of hydrogen-bond acceptors (Lipinski definition) is 0. The van der Waals surface area contributed by atoms with E-state index >= 15 is 0 Å². The zero-order chi connectivity index (χ0) is 25.6. The second kappa shape index (κ2) is 9.94. The Hall–Kier alpha value is -0.777. The van der Waals surface area contributed by atoms with Crippen LogP contribution in [-0.4, -0.2) is 0 Å². The van der Waals surface area contributed by atoms with E-state index in [1.165, 1.54) is 0 Å². The molecule has 0 aromatic heterocycles. The standard InChI is InChI=1S/C25H25F6.2ClH.Zr/c1-5-6-7-15-10-16-8-9-21(23(2,3)4)22(20(16)11-15)17-12-18(24(26,27)28)14-19(13-17)25(29,30)31;;;/h8-14H,5-7H2,1-4H3;2*1H;/q;;;+2/p-2. The topological polar surface area (TPSA) is 0 Å². The molecule has 1 aliphatic rings. The fraction of sp³-hybridized carbons (Fsp3) is 0.440. The summed E-state index contributed by atoms with van der Waals surface area (Å²) in [4.78, 5) is 0. The molecule has 0 amide bonds. The van der Waals surface area contributed by atoms with E-state index in [1.807, 2.05) is 39.8 Å². The summed E-state index contributed by atoms with van der Waals surface area (Å²) in [6.07, 6.45) is -5.38. The molecule has 0 radical (unpaired) electrons. The monoisotopic (exact) mass is 599 g/mol. The molecule has 2 aromatic rings. The van der Waals surface area contributed by atoms with Crippen LogP contribution in [0.15, 0.2) is 35.9 Å². The van der Waals surface area contributed by atoms with E-state index in [2.05, 4.69) is 0 Å². The van der Waals surface area contributed by atoms with E-state index < -0.39 is 48.3 Å². The van der Waals surface area contributed by atoms with Crippen LogP contribution in [0.4, 0.5) is 26.3 Å². The molecule has 0 saturated heterocycles. The average Bonchev–Trinajstić information content (AvgIpc) is 3.07. The Kier molecular flexibility index (Phi) is 8.13. The Morgan fingerprint density at radius 2 is 1.44 bits per heavy atom. The second-order valence-electron chi connectivity index (χ2n) is 9.58. The van der Waals surface area contributed by atoms with Crippen LogP contribution in [0.2, 0.25) is 0 Å². The van der Waals surface area contributed by atoms with Crippen LogP contribution >= 0.6 is 17.0 Å². The van der Waals surface area contributed by atoms with Gasteiger partial charge in [-0.2, -0.15) is 0 Å². The number of halogens is 8. The van der Waals surface area contributed by atoms with Gasteiger partial charge in [-0.3, -0.25) is 0 Å². The van der Waals surface area contributed by atoms with Crippen molar-refractivity contribution in [2.75, 3.05) is 0 Å². The van der Waals surface area contributed by atoms with Gasteiger partial charge >= 0.3 is 212 Å². The van der Waals surface area contributed by atoms with Gasteiger partial charge in [0.2, 0.25) is 0 Å². The molecule has 3 rings (SSSR count). The van der Waals surface area contributed by atoms with Crippen molar-refractivity contribution >= 4 is 23.1 Å². The number of rotatable bonds is 5. The van der Waals surface area contributed by atoms with E-state index in [9.17, 15) is 26.3 Å². The number of benzene rings is 2. The van der Waals surface area contributed by atoms with Crippen molar-refractivity contribution in [3.63, 3.8) is 0 Å². The van der Waals surface area contributed by atoms with Crippen LogP contribution in [0.5, 0.6) is 0 Å². The Morgan fingerprint density at radius 1 is 0.882 bits per heavy atom. The molecule has 0 bridgehead atoms. The number of unbranched alkanes of at least 4 members (excludes halogenated alkanes) is 1. The summed E-state index contributed by atoms with van der Waals surface area (Å²) in [7, 11) is 13.0.